The predicted molar refractivity (Wildman–Crippen MR) is 117 cm³/mol. The number of aromatic nitrogens is 1. The van der Waals surface area contributed by atoms with E-state index in [0.717, 1.165) is 27.7 Å². The third-order valence-electron chi connectivity index (χ3n) is 4.95. The van der Waals surface area contributed by atoms with Crippen molar-refractivity contribution in [1.82, 2.24) is 4.98 Å². The van der Waals surface area contributed by atoms with E-state index in [0.29, 0.717) is 11.3 Å². The van der Waals surface area contributed by atoms with E-state index in [1.807, 2.05) is 54.6 Å². The van der Waals surface area contributed by atoms with Crippen LogP contribution in [0, 0.1) is 0 Å². The van der Waals surface area contributed by atoms with Gasteiger partial charge in [-0.05, 0) is 30.7 Å². The van der Waals surface area contributed by atoms with Gasteiger partial charge < -0.3 is 19.8 Å². The molecule has 0 radical (unpaired) electrons. The number of hydrogen-bond donors (Lipinski definition) is 2. The first kappa shape index (κ1) is 19.5. The summed E-state index contributed by atoms with van der Waals surface area (Å²) in [7, 11) is 0. The number of para-hydroxylation sites is 2. The lowest BCUT2D eigenvalue weighted by Gasteiger charge is -2.12. The number of benzene rings is 2. The van der Waals surface area contributed by atoms with Crippen molar-refractivity contribution >= 4 is 40.2 Å². The van der Waals surface area contributed by atoms with Crippen molar-refractivity contribution in [3.8, 4) is 0 Å². The van der Waals surface area contributed by atoms with Crippen LogP contribution in [0.5, 0.6) is 0 Å². The van der Waals surface area contributed by atoms with E-state index in [4.69, 9.17) is 9.47 Å². The van der Waals surface area contributed by atoms with Crippen molar-refractivity contribution in [1.29, 1.82) is 0 Å². The van der Waals surface area contributed by atoms with Crippen LogP contribution in [0.25, 0.3) is 22.6 Å². The van der Waals surface area contributed by atoms with Crippen LogP contribution in [0.2, 0.25) is 0 Å². The van der Waals surface area contributed by atoms with Crippen LogP contribution in [0.1, 0.15) is 28.5 Å². The first-order valence-electron chi connectivity index (χ1n) is 9.77. The van der Waals surface area contributed by atoms with Gasteiger partial charge in [0, 0.05) is 27.7 Å². The molecule has 0 bridgehead atoms. The summed E-state index contributed by atoms with van der Waals surface area (Å²) >= 11 is 0. The summed E-state index contributed by atoms with van der Waals surface area (Å²) in [4.78, 5) is 28.5. The van der Waals surface area contributed by atoms with Crippen LogP contribution < -0.4 is 5.32 Å². The Morgan fingerprint density at radius 3 is 2.67 bits per heavy atom. The van der Waals surface area contributed by atoms with Gasteiger partial charge in [0.25, 0.3) is 0 Å². The Balaban J connectivity index is 1.88. The summed E-state index contributed by atoms with van der Waals surface area (Å²) in [6.45, 7) is 5.76. The minimum absolute atomic E-state index is 0.111. The molecule has 0 saturated heterocycles. The van der Waals surface area contributed by atoms with Gasteiger partial charge >= 0.3 is 11.9 Å². The van der Waals surface area contributed by atoms with Crippen molar-refractivity contribution in [3.63, 3.8) is 0 Å². The van der Waals surface area contributed by atoms with Crippen LogP contribution in [0.4, 0.5) is 5.69 Å². The summed E-state index contributed by atoms with van der Waals surface area (Å²) in [5.74, 6) is -0.847. The Labute approximate surface area is 174 Å². The van der Waals surface area contributed by atoms with Gasteiger partial charge in [0.15, 0.2) is 6.04 Å². The maximum absolute atomic E-state index is 12.7. The molecule has 4 rings (SSSR count). The molecule has 0 saturated carbocycles. The smallest absolute Gasteiger partial charge is 0.355 e. The second kappa shape index (κ2) is 8.29. The van der Waals surface area contributed by atoms with Gasteiger partial charge in [-0.15, -0.1) is 0 Å². The molecule has 30 heavy (non-hydrogen) atoms. The van der Waals surface area contributed by atoms with Gasteiger partial charge in [-0.2, -0.15) is 0 Å². The van der Waals surface area contributed by atoms with Crippen molar-refractivity contribution < 1.29 is 19.1 Å². The number of hydrogen-bond acceptors (Lipinski definition) is 5. The lowest BCUT2D eigenvalue weighted by molar-refractivity contribution is -0.142. The second-order valence-electron chi connectivity index (χ2n) is 6.82. The average Bonchev–Trinajstić information content (AvgIpc) is 3.32. The van der Waals surface area contributed by atoms with Gasteiger partial charge in [0.2, 0.25) is 0 Å². The van der Waals surface area contributed by atoms with Crippen LogP contribution in [-0.2, 0) is 14.3 Å². The lowest BCUT2D eigenvalue weighted by Crippen LogP contribution is -2.28. The van der Waals surface area contributed by atoms with Gasteiger partial charge in [-0.25, -0.2) is 9.59 Å². The fourth-order valence-corrected chi connectivity index (χ4v) is 3.66. The van der Waals surface area contributed by atoms with Crippen LogP contribution in [-0.4, -0.2) is 36.2 Å². The van der Waals surface area contributed by atoms with Crippen molar-refractivity contribution in [2.24, 2.45) is 0 Å². The largest absolute Gasteiger partial charge is 0.464 e. The molecule has 1 atom stereocenters. The maximum atomic E-state index is 12.7. The fourth-order valence-electron chi connectivity index (χ4n) is 3.66. The number of fused-ring (bicyclic) bond motifs is 2. The Morgan fingerprint density at radius 1 is 1.10 bits per heavy atom. The number of rotatable bonds is 6. The number of nitrogens with one attached hydrogen (secondary N) is 2. The van der Waals surface area contributed by atoms with E-state index >= 15 is 0 Å². The van der Waals surface area contributed by atoms with Gasteiger partial charge in [0.1, 0.15) is 12.3 Å². The van der Waals surface area contributed by atoms with Gasteiger partial charge in [-0.3, -0.25) is 0 Å². The molecule has 3 aromatic rings. The summed E-state index contributed by atoms with van der Waals surface area (Å²) in [6.07, 6.45) is 3.39. The van der Waals surface area contributed by atoms with Crippen molar-refractivity contribution in [3.05, 3.63) is 78.0 Å². The van der Waals surface area contributed by atoms with Crippen LogP contribution >= 0.6 is 0 Å². The highest BCUT2D eigenvalue weighted by Crippen LogP contribution is 2.38. The standard InChI is InChI=1S/C24H22N2O4/c1-3-13-30-24(28)22-18(16-10-6-8-12-20(16)26-22)14-17-15-9-5-7-11-19(15)25-21(17)23(27)29-4-2/h3,5-12,14,21,25-26H,1,4,13H2,2H3. The Kier molecular flexibility index (Phi) is 5.39. The molecule has 0 fully saturated rings. The van der Waals surface area contributed by atoms with Crippen LogP contribution in [0.3, 0.4) is 0 Å². The van der Waals surface area contributed by atoms with E-state index in [-0.39, 0.29) is 19.2 Å². The van der Waals surface area contributed by atoms with E-state index in [2.05, 4.69) is 16.9 Å². The topological polar surface area (TPSA) is 80.4 Å². The fraction of sp³-hybridized carbons (Fsp3) is 0.167. The quantitative estimate of drug-likeness (QED) is 0.472. The van der Waals surface area contributed by atoms with Gasteiger partial charge in [-0.1, -0.05) is 49.1 Å². The number of carbonyl (C=O) groups excluding carboxylic acids is 2. The zero-order valence-electron chi connectivity index (χ0n) is 16.6. The molecule has 1 aromatic heterocycles. The van der Waals surface area contributed by atoms with E-state index in [1.165, 1.54) is 6.08 Å². The molecule has 6 heteroatoms. The highest BCUT2D eigenvalue weighted by Gasteiger charge is 2.33. The second-order valence-corrected chi connectivity index (χ2v) is 6.82. The number of H-pyrrole nitrogens is 1. The molecule has 152 valence electrons. The molecule has 2 heterocycles. The molecule has 0 spiro atoms. The van der Waals surface area contributed by atoms with Crippen molar-refractivity contribution in [2.45, 2.75) is 13.0 Å². The molecule has 1 aliphatic heterocycles. The first-order valence-corrected chi connectivity index (χ1v) is 9.77. The Hall–Kier alpha value is -3.80. The highest BCUT2D eigenvalue weighted by molar-refractivity contribution is 6.11. The predicted octanol–water partition coefficient (Wildman–Crippen LogP) is 4.41. The third kappa shape index (κ3) is 3.48. The van der Waals surface area contributed by atoms with Gasteiger partial charge in [0.05, 0.1) is 6.61 Å². The summed E-state index contributed by atoms with van der Waals surface area (Å²) in [5, 5.41) is 4.09. The maximum Gasteiger partial charge on any atom is 0.355 e. The molecule has 1 aliphatic rings. The van der Waals surface area contributed by atoms with Crippen LogP contribution in [0.15, 0.2) is 61.2 Å². The molecule has 2 N–H and O–H groups in total. The van der Waals surface area contributed by atoms with Crippen molar-refractivity contribution in [2.75, 3.05) is 18.5 Å². The number of ether oxygens (including phenoxy) is 2. The minimum atomic E-state index is -0.659. The monoisotopic (exact) mass is 402 g/mol. The zero-order chi connectivity index (χ0) is 21.1. The molecule has 1 unspecified atom stereocenters. The number of anilines is 1. The number of carbonyl (C=O) groups is 2. The molecule has 0 amide bonds. The minimum Gasteiger partial charge on any atom is -0.464 e. The molecule has 2 aromatic carbocycles. The first-order chi connectivity index (χ1) is 14.6. The zero-order valence-corrected chi connectivity index (χ0v) is 16.6. The average molecular weight is 402 g/mol. The normalized spacial score (nSPS) is 16.2. The Morgan fingerprint density at radius 2 is 1.87 bits per heavy atom. The third-order valence-corrected chi connectivity index (χ3v) is 4.95. The molecular formula is C24H22N2O4. The summed E-state index contributed by atoms with van der Waals surface area (Å²) in [6, 6.07) is 14.6. The number of esters is 2. The molecule has 6 nitrogen and oxygen atoms in total. The summed E-state index contributed by atoms with van der Waals surface area (Å²) < 4.78 is 10.5. The summed E-state index contributed by atoms with van der Waals surface area (Å²) in [5.41, 5.74) is 4.29. The number of aromatic amines is 1. The van der Waals surface area contributed by atoms with E-state index in [1.54, 1.807) is 6.92 Å². The Bertz CT molecular complexity index is 1160. The lowest BCUT2D eigenvalue weighted by atomic mass is 9.98. The highest BCUT2D eigenvalue weighted by atomic mass is 16.5. The van der Waals surface area contributed by atoms with E-state index in [9.17, 15) is 9.59 Å². The molecule has 0 aliphatic carbocycles. The van der Waals surface area contributed by atoms with E-state index < -0.39 is 12.0 Å². The SMILES string of the molecule is C=CCOC(=O)c1[nH]c2ccccc2c1C=C1c2ccccc2NC1C(=O)OCC. The molecular weight excluding hydrogens is 380 g/mol.